The van der Waals surface area contributed by atoms with Gasteiger partial charge in [-0.05, 0) is 55.4 Å². The summed E-state index contributed by atoms with van der Waals surface area (Å²) < 4.78 is 10.7. The number of rotatable bonds is 7. The Bertz CT molecular complexity index is 613. The van der Waals surface area contributed by atoms with Crippen LogP contribution < -0.4 is 5.32 Å². The molecule has 0 spiro atoms. The van der Waals surface area contributed by atoms with Gasteiger partial charge in [0, 0.05) is 19.3 Å². The largest absolute Gasteiger partial charge is 0.467 e. The summed E-state index contributed by atoms with van der Waals surface area (Å²) in [5.74, 6) is 0.882. The van der Waals surface area contributed by atoms with Crippen LogP contribution in [0.5, 0.6) is 0 Å². The lowest BCUT2D eigenvalue weighted by Crippen LogP contribution is -2.39. The average Bonchev–Trinajstić information content (AvgIpc) is 3.09. The average molecular weight is 332 g/mol. The molecule has 0 unspecified atom stereocenters. The third kappa shape index (κ3) is 4.81. The number of nitrogens with one attached hydrogen (secondary N) is 1. The number of methoxy groups -OCH3 is 1. The number of hydrogen-bond donors (Lipinski definition) is 1. The van der Waals surface area contributed by atoms with Gasteiger partial charge in [0.2, 0.25) is 0 Å². The van der Waals surface area contributed by atoms with E-state index in [2.05, 4.69) is 36.2 Å². The molecule has 0 fully saturated rings. The van der Waals surface area contributed by atoms with Crippen LogP contribution in [0.1, 0.15) is 31.2 Å². The predicted octanol–water partition coefficient (Wildman–Crippen LogP) is 4.25. The fraction of sp³-hybridized carbons (Fsp3) is 0.389. The zero-order chi connectivity index (χ0) is 16.7. The van der Waals surface area contributed by atoms with Gasteiger partial charge in [0.05, 0.1) is 18.9 Å². The van der Waals surface area contributed by atoms with Crippen molar-refractivity contribution in [1.82, 2.24) is 4.90 Å². The van der Waals surface area contributed by atoms with Gasteiger partial charge in [-0.3, -0.25) is 0 Å². The van der Waals surface area contributed by atoms with Crippen LogP contribution in [0.25, 0.3) is 0 Å². The van der Waals surface area contributed by atoms with Crippen LogP contribution in [-0.4, -0.2) is 30.3 Å². The summed E-state index contributed by atoms with van der Waals surface area (Å²) in [6, 6.07) is 12.2. The summed E-state index contributed by atoms with van der Waals surface area (Å²) >= 11 is 5.62. The van der Waals surface area contributed by atoms with E-state index in [9.17, 15) is 0 Å². The van der Waals surface area contributed by atoms with E-state index >= 15 is 0 Å². The van der Waals surface area contributed by atoms with Crippen LogP contribution in [0.15, 0.2) is 47.1 Å². The van der Waals surface area contributed by atoms with Crippen molar-refractivity contribution in [3.8, 4) is 0 Å². The number of furan rings is 1. The molecule has 0 saturated heterocycles. The van der Waals surface area contributed by atoms with E-state index < -0.39 is 0 Å². The molecule has 1 aromatic heterocycles. The summed E-state index contributed by atoms with van der Waals surface area (Å²) in [5.41, 5.74) is 2.28. The molecule has 1 aromatic carbocycles. The third-order valence-electron chi connectivity index (χ3n) is 3.81. The zero-order valence-corrected chi connectivity index (χ0v) is 14.7. The summed E-state index contributed by atoms with van der Waals surface area (Å²) in [7, 11) is 1.69. The highest BCUT2D eigenvalue weighted by Crippen LogP contribution is 2.22. The lowest BCUT2D eigenvalue weighted by Gasteiger charge is -2.30. The summed E-state index contributed by atoms with van der Waals surface area (Å²) in [5, 5.41) is 3.99. The Balaban J connectivity index is 2.12. The fourth-order valence-electron chi connectivity index (χ4n) is 2.41. The van der Waals surface area contributed by atoms with Crippen molar-refractivity contribution in [1.29, 1.82) is 0 Å². The molecule has 1 atom stereocenters. The van der Waals surface area contributed by atoms with E-state index in [1.54, 1.807) is 13.4 Å². The maximum absolute atomic E-state index is 5.62. The molecule has 0 aliphatic heterocycles. The van der Waals surface area contributed by atoms with Gasteiger partial charge in [-0.2, -0.15) is 0 Å². The molecule has 1 N–H and O–H groups in total. The predicted molar refractivity (Wildman–Crippen MR) is 97.7 cm³/mol. The van der Waals surface area contributed by atoms with Crippen LogP contribution in [-0.2, 0) is 11.2 Å². The minimum Gasteiger partial charge on any atom is -0.467 e. The SMILES string of the molecule is CCc1cccc(NC(=S)N(CCOC)[C@@H](C)c2ccco2)c1. The van der Waals surface area contributed by atoms with Crippen LogP contribution in [0.4, 0.5) is 5.69 Å². The van der Waals surface area contributed by atoms with Crippen LogP contribution in [0, 0.1) is 0 Å². The number of anilines is 1. The Morgan fingerprint density at radius 2 is 2.17 bits per heavy atom. The minimum atomic E-state index is 0.0366. The molecule has 5 heteroatoms. The van der Waals surface area contributed by atoms with Gasteiger partial charge in [0.15, 0.2) is 5.11 Å². The normalized spacial score (nSPS) is 12.0. The second-order valence-corrected chi connectivity index (χ2v) is 5.75. The summed E-state index contributed by atoms with van der Waals surface area (Å²) in [6.45, 7) is 5.51. The van der Waals surface area contributed by atoms with Crippen molar-refractivity contribution >= 4 is 23.0 Å². The minimum absolute atomic E-state index is 0.0366. The standard InChI is InChI=1S/C18H24N2O2S/c1-4-15-7-5-8-16(13-15)19-18(23)20(10-12-21-3)14(2)17-9-6-11-22-17/h5-9,11,13-14H,4,10,12H2,1-3H3,(H,19,23)/t14-/m0/s1. The number of nitrogens with zero attached hydrogens (tertiary/aromatic N) is 1. The quantitative estimate of drug-likeness (QED) is 0.767. The molecule has 0 bridgehead atoms. The Labute approximate surface area is 143 Å². The van der Waals surface area contributed by atoms with E-state index in [0.717, 1.165) is 17.9 Å². The van der Waals surface area contributed by atoms with Gasteiger partial charge in [0.1, 0.15) is 5.76 Å². The number of hydrogen-bond acceptors (Lipinski definition) is 3. The Kier molecular flexibility index (Phi) is 6.62. The molecular formula is C18H24N2O2S. The lowest BCUT2D eigenvalue weighted by molar-refractivity contribution is 0.160. The van der Waals surface area contributed by atoms with E-state index in [-0.39, 0.29) is 6.04 Å². The molecule has 23 heavy (non-hydrogen) atoms. The molecule has 0 saturated carbocycles. The highest BCUT2D eigenvalue weighted by molar-refractivity contribution is 7.80. The number of thiocarbonyl (C=S) groups is 1. The molecule has 4 nitrogen and oxygen atoms in total. The second-order valence-electron chi connectivity index (χ2n) is 5.36. The molecular weight excluding hydrogens is 308 g/mol. The summed E-state index contributed by atoms with van der Waals surface area (Å²) in [4.78, 5) is 2.08. The molecule has 0 aliphatic carbocycles. The van der Waals surface area contributed by atoms with Gasteiger partial charge < -0.3 is 19.4 Å². The van der Waals surface area contributed by atoms with Crippen LogP contribution >= 0.6 is 12.2 Å². The second kappa shape index (κ2) is 8.70. The Morgan fingerprint density at radius 3 is 2.83 bits per heavy atom. The smallest absolute Gasteiger partial charge is 0.174 e. The lowest BCUT2D eigenvalue weighted by atomic mass is 10.1. The van der Waals surface area contributed by atoms with E-state index in [0.29, 0.717) is 18.3 Å². The van der Waals surface area contributed by atoms with Crippen LogP contribution in [0.2, 0.25) is 0 Å². The monoisotopic (exact) mass is 332 g/mol. The third-order valence-corrected chi connectivity index (χ3v) is 4.14. The van der Waals surface area contributed by atoms with E-state index in [4.69, 9.17) is 21.4 Å². The van der Waals surface area contributed by atoms with Crippen molar-refractivity contribution < 1.29 is 9.15 Å². The fourth-order valence-corrected chi connectivity index (χ4v) is 2.77. The zero-order valence-electron chi connectivity index (χ0n) is 13.9. The van der Waals surface area contributed by atoms with Gasteiger partial charge in [0.25, 0.3) is 0 Å². The van der Waals surface area contributed by atoms with E-state index in [1.807, 2.05) is 24.3 Å². The molecule has 0 aliphatic rings. The summed E-state index contributed by atoms with van der Waals surface area (Å²) in [6.07, 6.45) is 2.68. The molecule has 1 heterocycles. The van der Waals surface area contributed by atoms with Gasteiger partial charge in [-0.15, -0.1) is 0 Å². The first-order valence-corrected chi connectivity index (χ1v) is 8.25. The molecule has 0 radical (unpaired) electrons. The van der Waals surface area contributed by atoms with Crippen molar-refractivity contribution in [2.75, 3.05) is 25.6 Å². The van der Waals surface area contributed by atoms with Crippen molar-refractivity contribution in [2.24, 2.45) is 0 Å². The number of ether oxygens (including phenoxy) is 1. The Hall–Kier alpha value is -1.85. The maximum atomic E-state index is 5.62. The first kappa shape index (κ1) is 17.5. The first-order valence-electron chi connectivity index (χ1n) is 7.84. The number of benzene rings is 1. The van der Waals surface area contributed by atoms with Crippen molar-refractivity contribution in [3.05, 3.63) is 54.0 Å². The maximum Gasteiger partial charge on any atom is 0.174 e. The van der Waals surface area contributed by atoms with Gasteiger partial charge >= 0.3 is 0 Å². The van der Waals surface area contributed by atoms with E-state index in [1.165, 1.54) is 5.56 Å². The topological polar surface area (TPSA) is 37.6 Å². The van der Waals surface area contributed by atoms with Gasteiger partial charge in [-0.25, -0.2) is 0 Å². The number of aryl methyl sites for hydroxylation is 1. The molecule has 124 valence electrons. The van der Waals surface area contributed by atoms with Crippen LogP contribution in [0.3, 0.4) is 0 Å². The molecule has 2 rings (SSSR count). The first-order chi connectivity index (χ1) is 11.2. The van der Waals surface area contributed by atoms with Crippen molar-refractivity contribution in [3.63, 3.8) is 0 Å². The van der Waals surface area contributed by atoms with Gasteiger partial charge in [-0.1, -0.05) is 19.1 Å². The Morgan fingerprint density at radius 1 is 1.35 bits per heavy atom. The highest BCUT2D eigenvalue weighted by Gasteiger charge is 2.20. The molecule has 0 amide bonds. The molecule has 2 aromatic rings. The van der Waals surface area contributed by atoms with Crippen molar-refractivity contribution in [2.45, 2.75) is 26.3 Å². The highest BCUT2D eigenvalue weighted by atomic mass is 32.1.